The SMILES string of the molecule is C[Si](CCCN1CCOCC1)(c1ccccc1)c1ccccc1.Cl. The summed E-state index contributed by atoms with van der Waals surface area (Å²) in [6.45, 7) is 7.70. The fourth-order valence-corrected chi connectivity index (χ4v) is 7.18. The van der Waals surface area contributed by atoms with Crippen molar-refractivity contribution in [3.8, 4) is 0 Å². The zero-order valence-electron chi connectivity index (χ0n) is 14.5. The molecule has 3 rings (SSSR count). The topological polar surface area (TPSA) is 12.5 Å². The predicted molar refractivity (Wildman–Crippen MR) is 108 cm³/mol. The molecular formula is C20H28ClNOSi. The third-order valence-electron chi connectivity index (χ3n) is 5.08. The van der Waals surface area contributed by atoms with Crippen molar-refractivity contribution in [3.05, 3.63) is 60.7 Å². The molecule has 0 saturated carbocycles. The van der Waals surface area contributed by atoms with Gasteiger partial charge < -0.3 is 4.74 Å². The molecular weight excluding hydrogens is 334 g/mol. The Labute approximate surface area is 153 Å². The highest BCUT2D eigenvalue weighted by atomic mass is 35.5. The maximum Gasteiger partial charge on any atom is 0.115 e. The van der Waals surface area contributed by atoms with Gasteiger partial charge in [-0.05, 0) is 19.0 Å². The van der Waals surface area contributed by atoms with Gasteiger partial charge in [-0.3, -0.25) is 4.90 Å². The Balaban J connectivity index is 0.00000208. The van der Waals surface area contributed by atoms with E-state index in [9.17, 15) is 0 Å². The number of hydrogen-bond acceptors (Lipinski definition) is 2. The van der Waals surface area contributed by atoms with Crippen LogP contribution in [0.1, 0.15) is 6.42 Å². The van der Waals surface area contributed by atoms with E-state index in [4.69, 9.17) is 4.74 Å². The van der Waals surface area contributed by atoms with Crippen molar-refractivity contribution in [2.45, 2.75) is 19.0 Å². The Morgan fingerprint density at radius 3 is 1.88 bits per heavy atom. The van der Waals surface area contributed by atoms with Crippen LogP contribution in [-0.2, 0) is 4.74 Å². The summed E-state index contributed by atoms with van der Waals surface area (Å²) in [5.74, 6) is 0. The second-order valence-corrected chi connectivity index (χ2v) is 10.9. The average Bonchev–Trinajstić information content (AvgIpc) is 2.64. The zero-order chi connectivity index (χ0) is 16.0. The van der Waals surface area contributed by atoms with Gasteiger partial charge in [-0.15, -0.1) is 12.4 Å². The average molecular weight is 362 g/mol. The van der Waals surface area contributed by atoms with Gasteiger partial charge in [0.1, 0.15) is 8.07 Å². The number of benzene rings is 2. The van der Waals surface area contributed by atoms with E-state index in [1.54, 1.807) is 10.4 Å². The lowest BCUT2D eigenvalue weighted by molar-refractivity contribution is 0.0380. The van der Waals surface area contributed by atoms with Crippen molar-refractivity contribution >= 4 is 30.9 Å². The minimum absolute atomic E-state index is 0. The lowest BCUT2D eigenvalue weighted by atomic mass is 10.3. The number of rotatable bonds is 6. The van der Waals surface area contributed by atoms with E-state index >= 15 is 0 Å². The van der Waals surface area contributed by atoms with Crippen LogP contribution in [0.2, 0.25) is 12.6 Å². The lowest BCUT2D eigenvalue weighted by Crippen LogP contribution is -2.55. The van der Waals surface area contributed by atoms with Crippen LogP contribution in [-0.4, -0.2) is 45.8 Å². The smallest absolute Gasteiger partial charge is 0.115 e. The molecule has 4 heteroatoms. The van der Waals surface area contributed by atoms with Gasteiger partial charge in [0.15, 0.2) is 0 Å². The van der Waals surface area contributed by atoms with Gasteiger partial charge in [0, 0.05) is 13.1 Å². The zero-order valence-corrected chi connectivity index (χ0v) is 16.3. The summed E-state index contributed by atoms with van der Waals surface area (Å²) in [5, 5.41) is 3.10. The van der Waals surface area contributed by atoms with Crippen LogP contribution in [0.4, 0.5) is 0 Å². The molecule has 0 aliphatic carbocycles. The Morgan fingerprint density at radius 1 is 0.875 bits per heavy atom. The number of nitrogens with zero attached hydrogens (tertiary/aromatic N) is 1. The summed E-state index contributed by atoms with van der Waals surface area (Å²) in [5.41, 5.74) is 0. The van der Waals surface area contributed by atoms with Crippen LogP contribution >= 0.6 is 12.4 Å². The molecule has 2 nitrogen and oxygen atoms in total. The number of ether oxygens (including phenoxy) is 1. The molecule has 0 N–H and O–H groups in total. The van der Waals surface area contributed by atoms with Gasteiger partial charge in [-0.2, -0.15) is 0 Å². The first-order valence-electron chi connectivity index (χ1n) is 8.70. The summed E-state index contributed by atoms with van der Waals surface area (Å²) < 4.78 is 5.45. The van der Waals surface area contributed by atoms with E-state index < -0.39 is 8.07 Å². The molecule has 0 spiro atoms. The quantitative estimate of drug-likeness (QED) is 0.733. The predicted octanol–water partition coefficient (Wildman–Crippen LogP) is 3.02. The summed E-state index contributed by atoms with van der Waals surface area (Å²) in [7, 11) is -1.64. The Hall–Kier alpha value is -1.13. The molecule has 0 radical (unpaired) electrons. The second-order valence-electron chi connectivity index (χ2n) is 6.62. The number of hydrogen-bond donors (Lipinski definition) is 0. The molecule has 1 fully saturated rings. The van der Waals surface area contributed by atoms with Crippen molar-refractivity contribution in [1.82, 2.24) is 4.90 Å². The highest BCUT2D eigenvalue weighted by Crippen LogP contribution is 2.15. The number of morpholine rings is 1. The molecule has 0 atom stereocenters. The third-order valence-corrected chi connectivity index (χ3v) is 9.65. The van der Waals surface area contributed by atoms with Crippen molar-refractivity contribution < 1.29 is 4.74 Å². The van der Waals surface area contributed by atoms with E-state index in [-0.39, 0.29) is 12.4 Å². The molecule has 130 valence electrons. The molecule has 0 aromatic heterocycles. The van der Waals surface area contributed by atoms with Crippen LogP contribution in [0, 0.1) is 0 Å². The van der Waals surface area contributed by atoms with Crippen molar-refractivity contribution in [2.24, 2.45) is 0 Å². The summed E-state index contributed by atoms with van der Waals surface area (Å²) in [4.78, 5) is 2.55. The first-order chi connectivity index (χ1) is 11.3. The highest BCUT2D eigenvalue weighted by molar-refractivity contribution is 7.01. The van der Waals surface area contributed by atoms with Crippen LogP contribution in [0.25, 0.3) is 0 Å². The first kappa shape index (κ1) is 19.2. The first-order valence-corrected chi connectivity index (χ1v) is 11.4. The van der Waals surface area contributed by atoms with E-state index in [1.807, 2.05) is 0 Å². The maximum atomic E-state index is 5.45. The van der Waals surface area contributed by atoms with E-state index in [1.165, 1.54) is 19.0 Å². The standard InChI is InChI=1S/C20H27NOSi.ClH/c1-23(19-9-4-2-5-10-19,20-11-6-3-7-12-20)18-8-13-21-14-16-22-17-15-21;/h2-7,9-12H,8,13-18H2,1H3;1H. The largest absolute Gasteiger partial charge is 0.379 e. The van der Waals surface area contributed by atoms with Gasteiger partial charge in [0.2, 0.25) is 0 Å². The fraction of sp³-hybridized carbons (Fsp3) is 0.400. The van der Waals surface area contributed by atoms with Gasteiger partial charge in [-0.1, -0.05) is 77.6 Å². The van der Waals surface area contributed by atoms with Crippen LogP contribution in [0.15, 0.2) is 60.7 Å². The number of halogens is 1. The van der Waals surface area contributed by atoms with Gasteiger partial charge >= 0.3 is 0 Å². The molecule has 1 heterocycles. The third kappa shape index (κ3) is 4.70. The van der Waals surface area contributed by atoms with Crippen molar-refractivity contribution in [1.29, 1.82) is 0 Å². The molecule has 1 aliphatic rings. The summed E-state index contributed by atoms with van der Waals surface area (Å²) >= 11 is 0. The van der Waals surface area contributed by atoms with Crippen LogP contribution in [0.5, 0.6) is 0 Å². The van der Waals surface area contributed by atoms with E-state index in [0.29, 0.717) is 0 Å². The molecule has 1 saturated heterocycles. The second kappa shape index (κ2) is 9.38. The minimum Gasteiger partial charge on any atom is -0.379 e. The van der Waals surface area contributed by atoms with Gasteiger partial charge in [0.05, 0.1) is 13.2 Å². The van der Waals surface area contributed by atoms with Crippen LogP contribution in [0.3, 0.4) is 0 Å². The maximum absolute atomic E-state index is 5.45. The Morgan fingerprint density at radius 2 is 1.38 bits per heavy atom. The molecule has 2 aromatic rings. The molecule has 2 aromatic carbocycles. The fourth-order valence-electron chi connectivity index (χ4n) is 3.55. The van der Waals surface area contributed by atoms with E-state index in [2.05, 4.69) is 72.1 Å². The molecule has 0 bridgehead atoms. The Kier molecular flexibility index (Phi) is 7.50. The molecule has 1 aliphatic heterocycles. The van der Waals surface area contributed by atoms with Crippen LogP contribution < -0.4 is 10.4 Å². The molecule has 24 heavy (non-hydrogen) atoms. The summed E-state index contributed by atoms with van der Waals surface area (Å²) in [6.07, 6.45) is 1.27. The molecule has 0 unspecified atom stereocenters. The van der Waals surface area contributed by atoms with Gasteiger partial charge in [-0.25, -0.2) is 0 Å². The lowest BCUT2D eigenvalue weighted by Gasteiger charge is -2.31. The van der Waals surface area contributed by atoms with Gasteiger partial charge in [0.25, 0.3) is 0 Å². The van der Waals surface area contributed by atoms with Crippen molar-refractivity contribution in [2.75, 3.05) is 32.8 Å². The normalized spacial score (nSPS) is 15.7. The summed E-state index contributed by atoms with van der Waals surface area (Å²) in [6, 6.07) is 23.6. The van der Waals surface area contributed by atoms with E-state index in [0.717, 1.165) is 26.3 Å². The minimum atomic E-state index is -1.64. The van der Waals surface area contributed by atoms with Crippen molar-refractivity contribution in [3.63, 3.8) is 0 Å². The molecule has 0 amide bonds. The monoisotopic (exact) mass is 361 g/mol. The Bertz CT molecular complexity index is 548. The highest BCUT2D eigenvalue weighted by Gasteiger charge is 2.31.